The fourth-order valence-electron chi connectivity index (χ4n) is 2.11. The van der Waals surface area contributed by atoms with E-state index in [4.69, 9.17) is 0 Å². The molecule has 0 unspecified atom stereocenters. The van der Waals surface area contributed by atoms with Crippen molar-refractivity contribution >= 4 is 28.6 Å². The van der Waals surface area contributed by atoms with E-state index in [2.05, 4.69) is 51.3 Å². The lowest BCUT2D eigenvalue weighted by Gasteiger charge is -2.26. The molecule has 2 aromatic heterocycles. The highest BCUT2D eigenvalue weighted by molar-refractivity contribution is 7.12. The Hall–Kier alpha value is -1.13. The molecule has 0 saturated heterocycles. The highest BCUT2D eigenvalue weighted by Gasteiger charge is 2.19. The topological polar surface area (TPSA) is 20.3 Å². The number of carbonyl (C=O) groups excluding carboxylic acids is 1. The van der Waals surface area contributed by atoms with Crippen molar-refractivity contribution in [3.8, 4) is 0 Å². The Morgan fingerprint density at radius 1 is 1.25 bits per heavy atom. The largest absolute Gasteiger partial charge is 0.335 e. The Labute approximate surface area is 129 Å². The fraction of sp³-hybridized carbons (Fsp3) is 0.438. The van der Waals surface area contributed by atoms with Gasteiger partial charge in [-0.15, -0.1) is 22.7 Å². The molecule has 4 heteroatoms. The zero-order valence-corrected chi connectivity index (χ0v) is 14.1. The van der Waals surface area contributed by atoms with Gasteiger partial charge in [-0.2, -0.15) is 0 Å². The maximum absolute atomic E-state index is 12.5. The Morgan fingerprint density at radius 2 is 2.00 bits per heavy atom. The van der Waals surface area contributed by atoms with Crippen molar-refractivity contribution in [3.63, 3.8) is 0 Å². The van der Waals surface area contributed by atoms with Gasteiger partial charge >= 0.3 is 0 Å². The summed E-state index contributed by atoms with van der Waals surface area (Å²) in [5, 5.41) is 2.09. The van der Waals surface area contributed by atoms with Crippen LogP contribution in [0.5, 0.6) is 0 Å². The molecule has 2 heterocycles. The van der Waals surface area contributed by atoms with Crippen LogP contribution in [0.3, 0.4) is 0 Å². The molecule has 0 aliphatic carbocycles. The maximum Gasteiger partial charge on any atom is 0.228 e. The Bertz CT molecular complexity index is 583. The monoisotopic (exact) mass is 307 g/mol. The lowest BCUT2D eigenvalue weighted by Crippen LogP contribution is -2.37. The van der Waals surface area contributed by atoms with E-state index < -0.39 is 0 Å². The summed E-state index contributed by atoms with van der Waals surface area (Å²) in [6, 6.07) is 6.49. The summed E-state index contributed by atoms with van der Waals surface area (Å²) >= 11 is 3.44. The number of amides is 1. The number of aryl methyl sites for hydroxylation is 2. The van der Waals surface area contributed by atoms with Gasteiger partial charge in [-0.1, -0.05) is 0 Å². The van der Waals surface area contributed by atoms with E-state index >= 15 is 0 Å². The zero-order valence-electron chi connectivity index (χ0n) is 12.5. The molecule has 0 bridgehead atoms. The summed E-state index contributed by atoms with van der Waals surface area (Å²) in [5.41, 5.74) is 1.28. The van der Waals surface area contributed by atoms with Crippen molar-refractivity contribution in [1.29, 1.82) is 0 Å². The first-order valence-corrected chi connectivity index (χ1v) is 8.54. The van der Waals surface area contributed by atoms with Gasteiger partial charge in [0.05, 0.1) is 13.0 Å². The van der Waals surface area contributed by atoms with E-state index in [1.165, 1.54) is 15.3 Å². The molecule has 0 aliphatic heterocycles. The van der Waals surface area contributed by atoms with Crippen LogP contribution < -0.4 is 0 Å². The smallest absolute Gasteiger partial charge is 0.228 e. The molecule has 2 rings (SSSR count). The molecular formula is C16H21NOS2. The van der Waals surface area contributed by atoms with Crippen LogP contribution in [0.15, 0.2) is 23.6 Å². The SMILES string of the molecule is Cc1ccc(CC(=O)N(Cc2sccc2C)C(C)C)s1. The van der Waals surface area contributed by atoms with Crippen molar-refractivity contribution in [2.45, 2.75) is 46.7 Å². The lowest BCUT2D eigenvalue weighted by atomic mass is 10.2. The minimum atomic E-state index is 0.217. The summed E-state index contributed by atoms with van der Waals surface area (Å²) in [4.78, 5) is 18.2. The number of hydrogen-bond donors (Lipinski definition) is 0. The summed E-state index contributed by atoms with van der Waals surface area (Å²) in [6.45, 7) is 9.08. The predicted molar refractivity (Wildman–Crippen MR) is 87.5 cm³/mol. The molecule has 0 aliphatic rings. The predicted octanol–water partition coefficient (Wildman–Crippen LogP) is 4.41. The Morgan fingerprint density at radius 3 is 2.50 bits per heavy atom. The average molecular weight is 307 g/mol. The van der Waals surface area contributed by atoms with Gasteiger partial charge in [0.15, 0.2) is 0 Å². The molecule has 0 fully saturated rings. The number of hydrogen-bond acceptors (Lipinski definition) is 3. The fourth-order valence-corrected chi connectivity index (χ4v) is 3.90. The molecule has 1 amide bonds. The van der Waals surface area contributed by atoms with Gasteiger partial charge in [-0.25, -0.2) is 0 Å². The molecule has 2 nitrogen and oxygen atoms in total. The van der Waals surface area contributed by atoms with Crippen LogP contribution in [-0.4, -0.2) is 16.8 Å². The molecular weight excluding hydrogens is 286 g/mol. The third-order valence-corrected chi connectivity index (χ3v) is 5.36. The number of thiophene rings is 2. The lowest BCUT2D eigenvalue weighted by molar-refractivity contribution is -0.132. The maximum atomic E-state index is 12.5. The molecule has 0 N–H and O–H groups in total. The second-order valence-electron chi connectivity index (χ2n) is 5.33. The van der Waals surface area contributed by atoms with Gasteiger partial charge in [0.2, 0.25) is 5.91 Å². The van der Waals surface area contributed by atoms with Crippen LogP contribution in [0, 0.1) is 13.8 Å². The quantitative estimate of drug-likeness (QED) is 0.801. The molecule has 2 aromatic rings. The third kappa shape index (κ3) is 3.70. The van der Waals surface area contributed by atoms with Gasteiger partial charge in [-0.3, -0.25) is 4.79 Å². The highest BCUT2D eigenvalue weighted by atomic mass is 32.1. The van der Waals surface area contributed by atoms with Gasteiger partial charge in [0.1, 0.15) is 0 Å². The van der Waals surface area contributed by atoms with Crippen molar-refractivity contribution in [1.82, 2.24) is 4.90 Å². The summed E-state index contributed by atoms with van der Waals surface area (Å²) < 4.78 is 0. The van der Waals surface area contributed by atoms with Crippen LogP contribution in [0.1, 0.15) is 34.0 Å². The van der Waals surface area contributed by atoms with Crippen LogP contribution >= 0.6 is 22.7 Å². The summed E-state index contributed by atoms with van der Waals surface area (Å²) in [7, 11) is 0. The number of nitrogens with zero attached hydrogens (tertiary/aromatic N) is 1. The van der Waals surface area contributed by atoms with Crippen LogP contribution in [0.2, 0.25) is 0 Å². The van der Waals surface area contributed by atoms with Crippen LogP contribution in [-0.2, 0) is 17.8 Å². The van der Waals surface area contributed by atoms with Gasteiger partial charge in [-0.05, 0) is 56.8 Å². The molecule has 0 radical (unpaired) electrons. The van der Waals surface area contributed by atoms with E-state index in [-0.39, 0.29) is 11.9 Å². The molecule has 0 aromatic carbocycles. The molecule has 0 saturated carbocycles. The van der Waals surface area contributed by atoms with E-state index in [9.17, 15) is 4.79 Å². The number of carbonyl (C=O) groups is 1. The second kappa shape index (κ2) is 6.55. The van der Waals surface area contributed by atoms with E-state index in [1.807, 2.05) is 4.90 Å². The van der Waals surface area contributed by atoms with Crippen molar-refractivity contribution in [2.24, 2.45) is 0 Å². The van der Waals surface area contributed by atoms with E-state index in [0.717, 1.165) is 11.4 Å². The first-order chi connectivity index (χ1) is 9.47. The first-order valence-electron chi connectivity index (χ1n) is 6.85. The molecule has 0 spiro atoms. The van der Waals surface area contributed by atoms with Crippen LogP contribution in [0.4, 0.5) is 0 Å². The third-order valence-electron chi connectivity index (χ3n) is 3.35. The van der Waals surface area contributed by atoms with Crippen LogP contribution in [0.25, 0.3) is 0 Å². The number of rotatable bonds is 5. The minimum Gasteiger partial charge on any atom is -0.335 e. The summed E-state index contributed by atoms with van der Waals surface area (Å²) in [6.07, 6.45) is 0.515. The zero-order chi connectivity index (χ0) is 14.7. The standard InChI is InChI=1S/C16H21NOS2/c1-11(2)17(10-15-12(3)7-8-19-15)16(18)9-14-6-5-13(4)20-14/h5-8,11H,9-10H2,1-4H3. The van der Waals surface area contributed by atoms with Crippen molar-refractivity contribution in [3.05, 3.63) is 43.8 Å². The second-order valence-corrected chi connectivity index (χ2v) is 7.70. The van der Waals surface area contributed by atoms with E-state index in [0.29, 0.717) is 6.42 Å². The Balaban J connectivity index is 2.08. The summed E-state index contributed by atoms with van der Waals surface area (Å²) in [5.74, 6) is 0.217. The molecule has 20 heavy (non-hydrogen) atoms. The van der Waals surface area contributed by atoms with Crippen molar-refractivity contribution < 1.29 is 4.79 Å². The molecule has 0 atom stereocenters. The minimum absolute atomic E-state index is 0.217. The normalized spacial score (nSPS) is 11.1. The molecule has 108 valence electrons. The Kier molecular flexibility index (Phi) is 5.00. The average Bonchev–Trinajstić information content (AvgIpc) is 2.95. The van der Waals surface area contributed by atoms with Gasteiger partial charge < -0.3 is 4.90 Å². The van der Waals surface area contributed by atoms with E-state index in [1.54, 1.807) is 22.7 Å². The van der Waals surface area contributed by atoms with Gasteiger partial charge in [0, 0.05) is 20.7 Å². The van der Waals surface area contributed by atoms with Gasteiger partial charge in [0.25, 0.3) is 0 Å². The van der Waals surface area contributed by atoms with Crippen molar-refractivity contribution in [2.75, 3.05) is 0 Å². The first kappa shape index (κ1) is 15.3. The highest BCUT2D eigenvalue weighted by Crippen LogP contribution is 2.21.